The lowest BCUT2D eigenvalue weighted by molar-refractivity contribution is -0.121. The number of phenolic OH excluding ortho intramolecular Hbond substituents is 1. The molecule has 0 aliphatic heterocycles. The van der Waals surface area contributed by atoms with Crippen molar-refractivity contribution in [3.8, 4) is 5.75 Å². The van der Waals surface area contributed by atoms with Gasteiger partial charge in [0.2, 0.25) is 5.91 Å². The fourth-order valence-corrected chi connectivity index (χ4v) is 3.49. The lowest BCUT2D eigenvalue weighted by Crippen LogP contribution is -2.25. The molecule has 0 aliphatic carbocycles. The zero-order chi connectivity index (χ0) is 20.1. The van der Waals surface area contributed by atoms with E-state index in [0.29, 0.717) is 11.6 Å². The summed E-state index contributed by atoms with van der Waals surface area (Å²) in [4.78, 5) is 12.7. The van der Waals surface area contributed by atoms with E-state index in [2.05, 4.69) is 5.32 Å². The molecule has 1 atom stereocenters. The molecule has 4 heteroatoms. The first-order valence-electron chi connectivity index (χ1n) is 9.31. The highest BCUT2D eigenvalue weighted by molar-refractivity contribution is 6.31. The predicted octanol–water partition coefficient (Wildman–Crippen LogP) is 5.50. The molecule has 0 spiro atoms. The molecule has 0 saturated carbocycles. The second-order valence-electron chi connectivity index (χ2n) is 6.98. The number of aromatic hydroxyl groups is 1. The summed E-state index contributed by atoms with van der Waals surface area (Å²) in [5, 5.41) is 14.3. The Bertz CT molecular complexity index is 970. The summed E-state index contributed by atoms with van der Waals surface area (Å²) >= 11 is 6.17. The summed E-state index contributed by atoms with van der Waals surface area (Å²) in [5.74, 6) is -0.0640. The number of aryl methyl sites for hydroxylation is 1. The lowest BCUT2D eigenvalue weighted by atomic mass is 9.86. The normalized spacial score (nSPS) is 11.8. The van der Waals surface area contributed by atoms with Crippen molar-refractivity contribution < 1.29 is 9.90 Å². The van der Waals surface area contributed by atoms with Gasteiger partial charge in [0.05, 0.1) is 0 Å². The maximum atomic E-state index is 12.7. The third-order valence-electron chi connectivity index (χ3n) is 5.13. The third-order valence-corrected chi connectivity index (χ3v) is 5.50. The minimum Gasteiger partial charge on any atom is -0.507 e. The summed E-state index contributed by atoms with van der Waals surface area (Å²) in [6.07, 6.45) is 0.241. The highest BCUT2D eigenvalue weighted by Gasteiger charge is 2.22. The van der Waals surface area contributed by atoms with Gasteiger partial charge in [0.25, 0.3) is 0 Å². The van der Waals surface area contributed by atoms with E-state index in [1.807, 2.05) is 80.6 Å². The first-order valence-corrected chi connectivity index (χ1v) is 9.69. The van der Waals surface area contributed by atoms with Crippen LogP contribution in [0, 0.1) is 13.8 Å². The summed E-state index contributed by atoms with van der Waals surface area (Å²) < 4.78 is 0. The number of carbonyl (C=O) groups is 1. The van der Waals surface area contributed by atoms with Gasteiger partial charge in [0.15, 0.2) is 0 Å². The maximum Gasteiger partial charge on any atom is 0.221 e. The van der Waals surface area contributed by atoms with Crippen LogP contribution in [-0.4, -0.2) is 11.0 Å². The average Bonchev–Trinajstić information content (AvgIpc) is 2.71. The molecule has 3 aromatic rings. The topological polar surface area (TPSA) is 49.3 Å². The van der Waals surface area contributed by atoms with E-state index in [1.165, 1.54) is 0 Å². The third kappa shape index (κ3) is 4.55. The number of nitrogens with one attached hydrogen (secondary N) is 1. The number of halogens is 1. The van der Waals surface area contributed by atoms with Crippen LogP contribution in [0.3, 0.4) is 0 Å². The van der Waals surface area contributed by atoms with Crippen LogP contribution < -0.4 is 5.32 Å². The molecule has 0 aliphatic rings. The molecular formula is C24H24ClNO2. The van der Waals surface area contributed by atoms with Gasteiger partial charge >= 0.3 is 0 Å². The smallest absolute Gasteiger partial charge is 0.221 e. The van der Waals surface area contributed by atoms with E-state index < -0.39 is 0 Å². The van der Waals surface area contributed by atoms with Gasteiger partial charge in [0.1, 0.15) is 5.75 Å². The molecule has 28 heavy (non-hydrogen) atoms. The molecule has 144 valence electrons. The van der Waals surface area contributed by atoms with E-state index in [1.54, 1.807) is 0 Å². The van der Waals surface area contributed by atoms with E-state index >= 15 is 0 Å². The van der Waals surface area contributed by atoms with E-state index in [4.69, 9.17) is 11.6 Å². The van der Waals surface area contributed by atoms with Gasteiger partial charge in [0, 0.05) is 29.5 Å². The van der Waals surface area contributed by atoms with Gasteiger partial charge in [-0.15, -0.1) is 0 Å². The van der Waals surface area contributed by atoms with Crippen LogP contribution in [0.4, 0.5) is 0 Å². The highest BCUT2D eigenvalue weighted by atomic mass is 35.5. The molecular weight excluding hydrogens is 370 g/mol. The van der Waals surface area contributed by atoms with Gasteiger partial charge in [-0.25, -0.2) is 0 Å². The van der Waals surface area contributed by atoms with Gasteiger partial charge < -0.3 is 10.4 Å². The molecule has 3 nitrogen and oxygen atoms in total. The van der Waals surface area contributed by atoms with Gasteiger partial charge in [-0.2, -0.15) is 0 Å². The lowest BCUT2D eigenvalue weighted by Gasteiger charge is -2.21. The monoisotopic (exact) mass is 393 g/mol. The Morgan fingerprint density at radius 2 is 1.68 bits per heavy atom. The van der Waals surface area contributed by atoms with E-state index in [9.17, 15) is 9.90 Å². The van der Waals surface area contributed by atoms with E-state index in [-0.39, 0.29) is 24.0 Å². The molecule has 3 aromatic carbocycles. The SMILES string of the molecule is Cc1ccc([C@H](CC(=O)NCc2ccccc2Cl)c2ccccc2)c(O)c1C. The first-order chi connectivity index (χ1) is 13.5. The molecule has 0 bridgehead atoms. The Balaban J connectivity index is 1.83. The van der Waals surface area contributed by atoms with Crippen molar-refractivity contribution in [2.75, 3.05) is 0 Å². The number of phenols is 1. The fourth-order valence-electron chi connectivity index (χ4n) is 3.29. The molecule has 0 fully saturated rings. The summed E-state index contributed by atoms with van der Waals surface area (Å²) in [5.41, 5.74) is 4.50. The number of hydrogen-bond acceptors (Lipinski definition) is 2. The Morgan fingerprint density at radius 1 is 1.00 bits per heavy atom. The standard InChI is InChI=1S/C24H24ClNO2/c1-16-12-13-20(24(28)17(16)2)21(18-8-4-3-5-9-18)14-23(27)26-15-19-10-6-7-11-22(19)25/h3-13,21,28H,14-15H2,1-2H3,(H,26,27)/t21-/m1/s1. The van der Waals surface area contributed by atoms with Crippen molar-refractivity contribution in [3.63, 3.8) is 0 Å². The molecule has 0 radical (unpaired) electrons. The van der Waals surface area contributed by atoms with Crippen molar-refractivity contribution in [1.82, 2.24) is 5.32 Å². The van der Waals surface area contributed by atoms with Gasteiger partial charge in [-0.1, -0.05) is 72.3 Å². The molecule has 2 N–H and O–H groups in total. The van der Waals surface area contributed by atoms with Crippen molar-refractivity contribution in [3.05, 3.63) is 99.6 Å². The minimum absolute atomic E-state index is 0.0913. The van der Waals surface area contributed by atoms with Crippen molar-refractivity contribution in [2.24, 2.45) is 0 Å². The van der Waals surface area contributed by atoms with E-state index in [0.717, 1.165) is 27.8 Å². The quantitative estimate of drug-likeness (QED) is 0.580. The van der Waals surface area contributed by atoms with Gasteiger partial charge in [-0.3, -0.25) is 4.79 Å². The summed E-state index contributed by atoms with van der Waals surface area (Å²) in [6, 6.07) is 21.2. The predicted molar refractivity (Wildman–Crippen MR) is 114 cm³/mol. The van der Waals surface area contributed by atoms with Crippen molar-refractivity contribution >= 4 is 17.5 Å². The molecule has 0 heterocycles. The van der Waals surface area contributed by atoms with Crippen LogP contribution in [0.2, 0.25) is 5.02 Å². The fraction of sp³-hybridized carbons (Fsp3) is 0.208. The number of amides is 1. The minimum atomic E-state index is -0.230. The second kappa shape index (κ2) is 8.94. The molecule has 0 aromatic heterocycles. The Morgan fingerprint density at radius 3 is 2.39 bits per heavy atom. The van der Waals surface area contributed by atoms with Crippen LogP contribution in [0.1, 0.15) is 40.2 Å². The molecule has 0 saturated heterocycles. The number of rotatable bonds is 6. The summed E-state index contributed by atoms with van der Waals surface area (Å²) in [7, 11) is 0. The molecule has 0 unspecified atom stereocenters. The largest absolute Gasteiger partial charge is 0.507 e. The number of carbonyl (C=O) groups excluding carboxylic acids is 1. The zero-order valence-electron chi connectivity index (χ0n) is 16.1. The van der Waals surface area contributed by atoms with Crippen LogP contribution in [0.25, 0.3) is 0 Å². The average molecular weight is 394 g/mol. The van der Waals surface area contributed by atoms with Crippen LogP contribution >= 0.6 is 11.6 Å². The first kappa shape index (κ1) is 20.0. The number of benzene rings is 3. The zero-order valence-corrected chi connectivity index (χ0v) is 16.8. The second-order valence-corrected chi connectivity index (χ2v) is 7.39. The Kier molecular flexibility index (Phi) is 6.37. The van der Waals surface area contributed by atoms with Crippen LogP contribution in [0.15, 0.2) is 66.7 Å². The highest BCUT2D eigenvalue weighted by Crippen LogP contribution is 2.36. The number of hydrogen-bond donors (Lipinski definition) is 2. The summed E-state index contributed by atoms with van der Waals surface area (Å²) in [6.45, 7) is 4.24. The van der Waals surface area contributed by atoms with Crippen LogP contribution in [-0.2, 0) is 11.3 Å². The van der Waals surface area contributed by atoms with Crippen LogP contribution in [0.5, 0.6) is 5.75 Å². The van der Waals surface area contributed by atoms with Crippen molar-refractivity contribution in [1.29, 1.82) is 0 Å². The Hall–Kier alpha value is -2.78. The van der Waals surface area contributed by atoms with Crippen molar-refractivity contribution in [2.45, 2.75) is 32.7 Å². The maximum absolute atomic E-state index is 12.7. The molecule has 1 amide bonds. The molecule has 3 rings (SSSR count). The van der Waals surface area contributed by atoms with Gasteiger partial charge in [-0.05, 0) is 42.2 Å². The Labute approximate surface area is 171 Å².